The highest BCUT2D eigenvalue weighted by molar-refractivity contribution is 5.89. The molecule has 20 heavy (non-hydrogen) atoms. The van der Waals surface area contributed by atoms with E-state index in [2.05, 4.69) is 10.6 Å². The fourth-order valence-electron chi connectivity index (χ4n) is 1.83. The number of urea groups is 1. The van der Waals surface area contributed by atoms with E-state index in [0.717, 1.165) is 11.3 Å². The summed E-state index contributed by atoms with van der Waals surface area (Å²) < 4.78 is 19.0. The third-order valence-corrected chi connectivity index (χ3v) is 2.91. The van der Waals surface area contributed by atoms with Crippen molar-refractivity contribution in [3.63, 3.8) is 0 Å². The maximum Gasteiger partial charge on any atom is 0.319 e. The molecule has 1 heterocycles. The number of rotatable bonds is 3. The largest absolute Gasteiger partial charge is 0.464 e. The van der Waals surface area contributed by atoms with E-state index < -0.39 is 11.8 Å². The number of furan rings is 1. The molecule has 2 amide bonds. The van der Waals surface area contributed by atoms with Crippen LogP contribution in [0.2, 0.25) is 0 Å². The Balaban J connectivity index is 1.98. The van der Waals surface area contributed by atoms with Crippen LogP contribution in [0.3, 0.4) is 0 Å². The van der Waals surface area contributed by atoms with E-state index in [1.807, 2.05) is 13.0 Å². The Labute approximate surface area is 117 Å². The quantitative estimate of drug-likeness (QED) is 0.892. The zero-order valence-corrected chi connectivity index (χ0v) is 11.7. The van der Waals surface area contributed by atoms with Crippen LogP contribution >= 0.6 is 0 Å². The average molecular weight is 276 g/mol. The average Bonchev–Trinajstić information content (AvgIpc) is 2.79. The van der Waals surface area contributed by atoms with Crippen molar-refractivity contribution < 1.29 is 13.6 Å². The molecule has 5 heteroatoms. The Bertz CT molecular complexity index is 622. The lowest BCUT2D eigenvalue weighted by molar-refractivity contribution is 0.247. The molecule has 0 spiro atoms. The Morgan fingerprint density at radius 1 is 1.25 bits per heavy atom. The molecule has 0 aliphatic carbocycles. The molecule has 106 valence electrons. The topological polar surface area (TPSA) is 54.3 Å². The van der Waals surface area contributed by atoms with Gasteiger partial charge in [-0.2, -0.15) is 0 Å². The van der Waals surface area contributed by atoms with Crippen molar-refractivity contribution in [2.24, 2.45) is 0 Å². The van der Waals surface area contributed by atoms with Gasteiger partial charge in [0.25, 0.3) is 0 Å². The van der Waals surface area contributed by atoms with Gasteiger partial charge in [0.2, 0.25) is 0 Å². The number of halogens is 1. The Morgan fingerprint density at radius 2 is 2.00 bits per heavy atom. The van der Waals surface area contributed by atoms with Crippen LogP contribution in [-0.4, -0.2) is 6.03 Å². The molecule has 0 unspecified atom stereocenters. The lowest BCUT2D eigenvalue weighted by Crippen LogP contribution is -2.31. The molecule has 0 fully saturated rings. The van der Waals surface area contributed by atoms with Crippen LogP contribution in [0.15, 0.2) is 34.7 Å². The van der Waals surface area contributed by atoms with Crippen molar-refractivity contribution in [3.05, 3.63) is 53.2 Å². The molecule has 0 aliphatic rings. The smallest absolute Gasteiger partial charge is 0.319 e. The lowest BCUT2D eigenvalue weighted by atomic mass is 10.2. The summed E-state index contributed by atoms with van der Waals surface area (Å²) in [6.07, 6.45) is 0. The molecule has 1 aromatic heterocycles. The lowest BCUT2D eigenvalue weighted by Gasteiger charge is -2.13. The first-order valence-electron chi connectivity index (χ1n) is 6.35. The van der Waals surface area contributed by atoms with Gasteiger partial charge >= 0.3 is 6.03 Å². The Hall–Kier alpha value is -2.30. The maximum atomic E-state index is 13.6. The summed E-state index contributed by atoms with van der Waals surface area (Å²) in [5.41, 5.74) is 0.948. The molecular weight excluding hydrogens is 259 g/mol. The van der Waals surface area contributed by atoms with Crippen LogP contribution in [0.4, 0.5) is 14.9 Å². The highest BCUT2D eigenvalue weighted by Gasteiger charge is 2.13. The molecule has 0 radical (unpaired) electrons. The SMILES string of the molecule is Cc1ccc(NC(=O)N[C@@H](C)c2ccc(C)o2)c(F)c1. The van der Waals surface area contributed by atoms with Gasteiger partial charge < -0.3 is 15.1 Å². The highest BCUT2D eigenvalue weighted by Crippen LogP contribution is 2.17. The fourth-order valence-corrected chi connectivity index (χ4v) is 1.83. The van der Waals surface area contributed by atoms with Crippen molar-refractivity contribution in [1.29, 1.82) is 0 Å². The second kappa shape index (κ2) is 5.77. The van der Waals surface area contributed by atoms with Gasteiger partial charge in [-0.15, -0.1) is 0 Å². The highest BCUT2D eigenvalue weighted by atomic mass is 19.1. The molecule has 0 saturated carbocycles. The van der Waals surface area contributed by atoms with Crippen LogP contribution in [0.1, 0.15) is 30.0 Å². The second-order valence-corrected chi connectivity index (χ2v) is 4.75. The molecule has 0 aliphatic heterocycles. The minimum absolute atomic E-state index is 0.149. The van der Waals surface area contributed by atoms with E-state index in [1.165, 1.54) is 12.1 Å². The van der Waals surface area contributed by atoms with Gasteiger partial charge in [-0.1, -0.05) is 6.07 Å². The molecule has 2 aromatic rings. The van der Waals surface area contributed by atoms with Gasteiger partial charge in [-0.3, -0.25) is 0 Å². The van der Waals surface area contributed by atoms with Crippen molar-refractivity contribution in [1.82, 2.24) is 5.32 Å². The molecule has 1 aromatic carbocycles. The first-order valence-corrected chi connectivity index (χ1v) is 6.35. The molecular formula is C15H17FN2O2. The minimum atomic E-state index is -0.477. The van der Waals surface area contributed by atoms with Gasteiger partial charge in [0, 0.05) is 0 Å². The number of anilines is 1. The predicted octanol–water partition coefficient (Wildman–Crippen LogP) is 3.92. The zero-order chi connectivity index (χ0) is 14.7. The molecule has 2 rings (SSSR count). The minimum Gasteiger partial charge on any atom is -0.464 e. The van der Waals surface area contributed by atoms with Crippen LogP contribution in [0.25, 0.3) is 0 Å². The number of carbonyl (C=O) groups excluding carboxylic acids is 1. The van der Waals surface area contributed by atoms with Gasteiger partial charge in [0.15, 0.2) is 0 Å². The number of hydrogen-bond donors (Lipinski definition) is 2. The van der Waals surface area contributed by atoms with Crippen LogP contribution in [-0.2, 0) is 0 Å². The molecule has 1 atom stereocenters. The predicted molar refractivity (Wildman–Crippen MR) is 75.2 cm³/mol. The Morgan fingerprint density at radius 3 is 2.60 bits per heavy atom. The molecule has 4 nitrogen and oxygen atoms in total. The maximum absolute atomic E-state index is 13.6. The van der Waals surface area contributed by atoms with Crippen LogP contribution in [0, 0.1) is 19.7 Å². The summed E-state index contributed by atoms with van der Waals surface area (Å²) in [7, 11) is 0. The monoisotopic (exact) mass is 276 g/mol. The van der Waals surface area contributed by atoms with E-state index in [9.17, 15) is 9.18 Å². The van der Waals surface area contributed by atoms with Gasteiger partial charge in [0.05, 0.1) is 11.7 Å². The number of carbonyl (C=O) groups is 1. The van der Waals surface area contributed by atoms with Crippen molar-refractivity contribution in [3.8, 4) is 0 Å². The first kappa shape index (κ1) is 14.1. The molecule has 2 N–H and O–H groups in total. The van der Waals surface area contributed by atoms with Crippen molar-refractivity contribution in [2.45, 2.75) is 26.8 Å². The summed E-state index contributed by atoms with van der Waals surface area (Å²) in [6.45, 7) is 5.41. The van der Waals surface area contributed by atoms with Crippen molar-refractivity contribution >= 4 is 11.7 Å². The third-order valence-electron chi connectivity index (χ3n) is 2.91. The van der Waals surface area contributed by atoms with Gasteiger partial charge in [-0.05, 0) is 50.6 Å². The Kier molecular flexibility index (Phi) is 4.08. The second-order valence-electron chi connectivity index (χ2n) is 4.75. The summed E-state index contributed by atoms with van der Waals surface area (Å²) in [4.78, 5) is 11.8. The first-order chi connectivity index (χ1) is 9.45. The normalized spacial score (nSPS) is 12.0. The van der Waals surface area contributed by atoms with E-state index in [0.29, 0.717) is 5.76 Å². The number of aryl methyl sites for hydroxylation is 2. The number of amides is 2. The van der Waals surface area contributed by atoms with Crippen LogP contribution < -0.4 is 10.6 Å². The number of benzene rings is 1. The van der Waals surface area contributed by atoms with Gasteiger partial charge in [0.1, 0.15) is 17.3 Å². The van der Waals surface area contributed by atoms with Gasteiger partial charge in [-0.25, -0.2) is 9.18 Å². The van der Waals surface area contributed by atoms with E-state index in [4.69, 9.17) is 4.42 Å². The zero-order valence-electron chi connectivity index (χ0n) is 11.7. The summed E-state index contributed by atoms with van der Waals surface area (Å²) in [5.74, 6) is 0.974. The summed E-state index contributed by atoms with van der Waals surface area (Å²) in [5, 5.41) is 5.17. The van der Waals surface area contributed by atoms with Crippen LogP contribution in [0.5, 0.6) is 0 Å². The fraction of sp³-hybridized carbons (Fsp3) is 0.267. The van der Waals surface area contributed by atoms with E-state index in [1.54, 1.807) is 26.0 Å². The molecule has 0 bridgehead atoms. The van der Waals surface area contributed by atoms with Crippen molar-refractivity contribution in [2.75, 3.05) is 5.32 Å². The third kappa shape index (κ3) is 3.38. The number of nitrogens with one attached hydrogen (secondary N) is 2. The standard InChI is InChI=1S/C15H17FN2O2/c1-9-4-6-13(12(16)8-9)18-15(19)17-11(3)14-7-5-10(2)20-14/h4-8,11H,1-3H3,(H2,17,18,19)/t11-/m0/s1. The van der Waals surface area contributed by atoms with E-state index in [-0.39, 0.29) is 11.7 Å². The summed E-state index contributed by atoms with van der Waals surface area (Å²) >= 11 is 0. The number of hydrogen-bond acceptors (Lipinski definition) is 2. The summed E-state index contributed by atoms with van der Waals surface area (Å²) in [6, 6.07) is 7.49. The van der Waals surface area contributed by atoms with E-state index >= 15 is 0 Å². The molecule has 0 saturated heterocycles.